The summed E-state index contributed by atoms with van der Waals surface area (Å²) >= 11 is 4.89. The van der Waals surface area contributed by atoms with Crippen LogP contribution in [0.4, 0.5) is 0 Å². The molecule has 1 aliphatic heterocycles. The fourth-order valence-electron chi connectivity index (χ4n) is 4.77. The lowest BCUT2D eigenvalue weighted by Crippen LogP contribution is -2.57. The van der Waals surface area contributed by atoms with Crippen molar-refractivity contribution in [3.8, 4) is 10.4 Å². The van der Waals surface area contributed by atoms with Gasteiger partial charge in [0.05, 0.1) is 33.8 Å². The quantitative estimate of drug-likeness (QED) is 0.359. The molecule has 0 spiro atoms. The summed E-state index contributed by atoms with van der Waals surface area (Å²) < 4.78 is 0.639. The molecule has 0 saturated carbocycles. The number of pyridine rings is 1. The first-order valence-corrected chi connectivity index (χ1v) is 14.7. The van der Waals surface area contributed by atoms with Gasteiger partial charge >= 0.3 is 0 Å². The lowest BCUT2D eigenvalue weighted by atomic mass is 9.85. The Kier molecular flexibility index (Phi) is 9.06. The summed E-state index contributed by atoms with van der Waals surface area (Å²) in [5, 5.41) is 16.3. The summed E-state index contributed by atoms with van der Waals surface area (Å²) in [5.41, 5.74) is 4.41. The Bertz CT molecular complexity index is 1390. The molecule has 212 valence electrons. The Labute approximate surface area is 246 Å². The van der Waals surface area contributed by atoms with Gasteiger partial charge in [0.15, 0.2) is 0 Å². The van der Waals surface area contributed by atoms with Gasteiger partial charge in [0, 0.05) is 29.8 Å². The number of aromatic nitrogens is 2. The maximum absolute atomic E-state index is 13.8. The Hall–Kier alpha value is -3.15. The van der Waals surface area contributed by atoms with Crippen molar-refractivity contribution in [2.75, 3.05) is 6.54 Å². The van der Waals surface area contributed by atoms with Gasteiger partial charge in [-0.2, -0.15) is 0 Å². The topological polar surface area (TPSA) is 125 Å². The first-order chi connectivity index (χ1) is 18.8. The summed E-state index contributed by atoms with van der Waals surface area (Å²) in [7, 11) is 0. The number of likely N-dealkylation sites (tertiary alicyclic amines) is 1. The standard InChI is InChI=1S/C29H34BrN5O4S/c1-16(18-6-8-19(9-7-18)24-17(2)32-15-40-24)33-27(38)23-11-22(36)14-35(23)28(39)25(29(3,4)5)34-26(37)20-10-21(30)13-31-12-20/h6-10,12-13,15-16,22-23,25,36H,11,14H2,1-5H3,(H,33,38)(H,34,37)/t16?,22-,23+,25?/m1/s1. The van der Waals surface area contributed by atoms with Crippen LogP contribution in [-0.4, -0.2) is 62.4 Å². The number of benzene rings is 1. The van der Waals surface area contributed by atoms with Gasteiger partial charge in [0.2, 0.25) is 11.8 Å². The number of thiazole rings is 1. The molecule has 3 N–H and O–H groups in total. The second-order valence-electron chi connectivity index (χ2n) is 11.2. The molecule has 1 saturated heterocycles. The van der Waals surface area contributed by atoms with Crippen molar-refractivity contribution in [1.82, 2.24) is 25.5 Å². The summed E-state index contributed by atoms with van der Waals surface area (Å²) in [6.07, 6.45) is 2.26. The van der Waals surface area contributed by atoms with E-state index < -0.39 is 35.4 Å². The smallest absolute Gasteiger partial charge is 0.253 e. The van der Waals surface area contributed by atoms with Gasteiger partial charge in [0.1, 0.15) is 12.1 Å². The van der Waals surface area contributed by atoms with Gasteiger partial charge in [-0.1, -0.05) is 45.0 Å². The van der Waals surface area contributed by atoms with Crippen LogP contribution in [0, 0.1) is 12.3 Å². The summed E-state index contributed by atoms with van der Waals surface area (Å²) in [4.78, 5) is 51.0. The van der Waals surface area contributed by atoms with Crippen LogP contribution in [-0.2, 0) is 9.59 Å². The number of hydrogen-bond donors (Lipinski definition) is 3. The molecule has 9 nitrogen and oxygen atoms in total. The largest absolute Gasteiger partial charge is 0.391 e. The second-order valence-corrected chi connectivity index (χ2v) is 12.9. The van der Waals surface area contributed by atoms with E-state index in [0.717, 1.165) is 21.7 Å². The molecule has 1 aromatic carbocycles. The monoisotopic (exact) mass is 627 g/mol. The molecular weight excluding hydrogens is 594 g/mol. The zero-order chi connectivity index (χ0) is 29.2. The molecular formula is C29H34BrN5O4S. The van der Waals surface area contributed by atoms with E-state index in [0.29, 0.717) is 10.0 Å². The van der Waals surface area contributed by atoms with Crippen molar-refractivity contribution in [1.29, 1.82) is 0 Å². The number of rotatable bonds is 7. The molecule has 2 aromatic heterocycles. The van der Waals surface area contributed by atoms with Gasteiger partial charge in [-0.15, -0.1) is 11.3 Å². The van der Waals surface area contributed by atoms with Gasteiger partial charge in [-0.25, -0.2) is 4.98 Å². The zero-order valence-corrected chi connectivity index (χ0v) is 25.5. The van der Waals surface area contributed by atoms with Gasteiger partial charge in [0.25, 0.3) is 5.91 Å². The number of aryl methyl sites for hydroxylation is 1. The molecule has 3 amide bonds. The molecule has 40 heavy (non-hydrogen) atoms. The van der Waals surface area contributed by atoms with E-state index in [9.17, 15) is 19.5 Å². The number of nitrogens with zero attached hydrogens (tertiary/aromatic N) is 3. The highest BCUT2D eigenvalue weighted by atomic mass is 79.9. The van der Waals surface area contributed by atoms with Crippen molar-refractivity contribution in [3.05, 3.63) is 69.5 Å². The molecule has 0 aliphatic carbocycles. The summed E-state index contributed by atoms with van der Waals surface area (Å²) in [6.45, 7) is 9.39. The highest BCUT2D eigenvalue weighted by molar-refractivity contribution is 9.10. The van der Waals surface area contributed by atoms with E-state index in [-0.39, 0.29) is 24.9 Å². The van der Waals surface area contributed by atoms with E-state index >= 15 is 0 Å². The predicted molar refractivity (Wildman–Crippen MR) is 158 cm³/mol. The van der Waals surface area contributed by atoms with Crippen molar-refractivity contribution in [2.24, 2.45) is 5.41 Å². The fraction of sp³-hybridized carbons (Fsp3) is 0.414. The number of aliphatic hydroxyl groups is 1. The van der Waals surface area contributed by atoms with Gasteiger partial charge < -0.3 is 20.6 Å². The lowest BCUT2D eigenvalue weighted by molar-refractivity contribution is -0.142. The van der Waals surface area contributed by atoms with E-state index in [1.165, 1.54) is 11.1 Å². The van der Waals surface area contributed by atoms with E-state index in [2.05, 4.69) is 36.5 Å². The maximum Gasteiger partial charge on any atom is 0.253 e. The molecule has 0 radical (unpaired) electrons. The average Bonchev–Trinajstić information content (AvgIpc) is 3.51. The number of β-amino-alcohol motifs (C(OH)–C–C–N with tert-alkyl or cyclic N) is 1. The fourth-order valence-corrected chi connectivity index (χ4v) is 5.94. The van der Waals surface area contributed by atoms with E-state index in [1.807, 2.05) is 64.4 Å². The molecule has 0 bridgehead atoms. The Balaban J connectivity index is 1.48. The average molecular weight is 629 g/mol. The van der Waals surface area contributed by atoms with Gasteiger partial charge in [-0.3, -0.25) is 19.4 Å². The third-order valence-corrected chi connectivity index (χ3v) is 8.41. The van der Waals surface area contributed by atoms with E-state index in [4.69, 9.17) is 0 Å². The minimum Gasteiger partial charge on any atom is -0.391 e. The third kappa shape index (κ3) is 6.76. The molecule has 2 unspecified atom stereocenters. The molecule has 3 heterocycles. The molecule has 4 rings (SSSR count). The van der Waals surface area contributed by atoms with Crippen LogP contribution in [0.3, 0.4) is 0 Å². The third-order valence-electron chi connectivity index (χ3n) is 7.00. The summed E-state index contributed by atoms with van der Waals surface area (Å²) in [6, 6.07) is 7.45. The Morgan fingerprint density at radius 1 is 1.15 bits per heavy atom. The van der Waals surface area contributed by atoms with Crippen LogP contribution >= 0.6 is 27.3 Å². The Morgan fingerprint density at radius 3 is 2.45 bits per heavy atom. The molecule has 1 fully saturated rings. The molecule has 11 heteroatoms. The van der Waals surface area contributed by atoms with E-state index in [1.54, 1.807) is 23.6 Å². The van der Waals surface area contributed by atoms with Crippen LogP contribution in [0.5, 0.6) is 0 Å². The first-order valence-electron chi connectivity index (χ1n) is 13.1. The number of nitrogens with one attached hydrogen (secondary N) is 2. The predicted octanol–water partition coefficient (Wildman–Crippen LogP) is 4.26. The van der Waals surface area contributed by atoms with Crippen LogP contribution in [0.15, 0.2) is 52.7 Å². The second kappa shape index (κ2) is 12.2. The van der Waals surface area contributed by atoms with Crippen LogP contribution in [0.2, 0.25) is 0 Å². The van der Waals surface area contributed by atoms with Crippen molar-refractivity contribution in [2.45, 2.75) is 65.3 Å². The summed E-state index contributed by atoms with van der Waals surface area (Å²) in [5.74, 6) is -1.22. The number of amides is 3. The molecule has 1 aliphatic rings. The molecule has 3 aromatic rings. The van der Waals surface area contributed by atoms with Gasteiger partial charge in [-0.05, 0) is 52.4 Å². The Morgan fingerprint density at radius 2 is 1.85 bits per heavy atom. The van der Waals surface area contributed by atoms with Crippen LogP contribution in [0.25, 0.3) is 10.4 Å². The number of hydrogen-bond acceptors (Lipinski definition) is 7. The zero-order valence-electron chi connectivity index (χ0n) is 23.1. The first kappa shape index (κ1) is 29.8. The highest BCUT2D eigenvalue weighted by Crippen LogP contribution is 2.29. The minimum absolute atomic E-state index is 0.00902. The highest BCUT2D eigenvalue weighted by Gasteiger charge is 2.44. The SMILES string of the molecule is Cc1ncsc1-c1ccc(C(C)NC(=O)[C@@H]2C[C@@H](O)CN2C(=O)C(NC(=O)c2cncc(Br)c2)C(C)(C)C)cc1. The number of halogens is 1. The lowest BCUT2D eigenvalue weighted by Gasteiger charge is -2.35. The number of carbonyl (C=O) groups excluding carboxylic acids is 3. The minimum atomic E-state index is -0.931. The van der Waals surface area contributed by atoms with Crippen molar-refractivity contribution < 1.29 is 19.5 Å². The van der Waals surface area contributed by atoms with Crippen molar-refractivity contribution in [3.63, 3.8) is 0 Å². The maximum atomic E-state index is 13.8. The normalized spacial score (nSPS) is 18.7. The van der Waals surface area contributed by atoms with Crippen LogP contribution < -0.4 is 10.6 Å². The number of aliphatic hydroxyl groups excluding tert-OH is 1. The van der Waals surface area contributed by atoms with Crippen molar-refractivity contribution >= 4 is 45.0 Å². The van der Waals surface area contributed by atoms with Crippen LogP contribution in [0.1, 0.15) is 61.8 Å². The molecule has 4 atom stereocenters. The number of carbonyl (C=O) groups is 3.